The molecule has 0 unspecified atom stereocenters. The van der Waals surface area contributed by atoms with Crippen LogP contribution >= 0.6 is 0 Å². The summed E-state index contributed by atoms with van der Waals surface area (Å²) in [5.41, 5.74) is 0. The van der Waals surface area contributed by atoms with E-state index in [4.69, 9.17) is 31.6 Å². The molecule has 0 atom stereocenters. The molecule has 6 nitrogen and oxygen atoms in total. The fourth-order valence-corrected chi connectivity index (χ4v) is 1.09. The third-order valence-corrected chi connectivity index (χ3v) is 4.89. The van der Waals surface area contributed by atoms with E-state index in [0.29, 0.717) is 0 Å². The molecular formula is C6FeK2N6Ni. The van der Waals surface area contributed by atoms with Crippen LogP contribution in [0.25, 0.3) is 0 Å². The molecule has 0 N–H and O–H groups in total. The van der Waals surface area contributed by atoms with Gasteiger partial charge in [-0.1, -0.05) is 0 Å². The second-order valence-electron chi connectivity index (χ2n) is 1.80. The fraction of sp³-hybridized carbons (Fsp3) is 0. The third-order valence-electron chi connectivity index (χ3n) is 1.19. The van der Waals surface area contributed by atoms with Crippen molar-refractivity contribution in [3.63, 3.8) is 0 Å². The summed E-state index contributed by atoms with van der Waals surface area (Å²) in [5.74, 6) is 0. The first-order chi connectivity index (χ1) is 5.97. The molecule has 0 spiro atoms. The van der Waals surface area contributed by atoms with Crippen LogP contribution in [0.2, 0.25) is 0 Å². The van der Waals surface area contributed by atoms with E-state index >= 15 is 0 Å². The average molecular weight is 349 g/mol. The first-order valence-electron chi connectivity index (χ1n) is 2.40. The van der Waals surface area contributed by atoms with Crippen LogP contribution in [0.1, 0.15) is 0 Å². The molecule has 0 saturated carbocycles. The van der Waals surface area contributed by atoms with Crippen molar-refractivity contribution in [1.82, 2.24) is 0 Å². The standard InChI is InChI=1S/6CN.Fe.2K.Ni/c6*1-2;;;;/q;;;;;;-4;2*+1;+2. The van der Waals surface area contributed by atoms with Crippen molar-refractivity contribution in [3.05, 3.63) is 0 Å². The van der Waals surface area contributed by atoms with Crippen molar-refractivity contribution in [1.29, 1.82) is 31.6 Å². The molecule has 74 valence electrons. The molecule has 0 aliphatic rings. The van der Waals surface area contributed by atoms with Crippen LogP contribution < -0.4 is 103 Å². The topological polar surface area (TPSA) is 143 Å². The van der Waals surface area contributed by atoms with E-state index < -0.39 is 10.7 Å². The van der Waals surface area contributed by atoms with Gasteiger partial charge in [0.2, 0.25) is 0 Å². The molecule has 0 fully saturated rings. The molecular weight excluding hydrogens is 349 g/mol. The molecule has 0 aromatic heterocycles. The first-order valence-corrected chi connectivity index (χ1v) is 5.71. The van der Waals surface area contributed by atoms with Gasteiger partial charge >= 0.3 is 191 Å². The molecule has 0 aromatic rings. The normalized spacial score (nSPS) is 10.9. The van der Waals surface area contributed by atoms with Crippen molar-refractivity contribution in [2.45, 2.75) is 0 Å². The van der Waals surface area contributed by atoms with Gasteiger partial charge in [0.25, 0.3) is 0 Å². The molecule has 0 bridgehead atoms. The van der Waals surface area contributed by atoms with Gasteiger partial charge in [-0.2, -0.15) is 0 Å². The van der Waals surface area contributed by atoms with E-state index in [1.165, 1.54) is 0 Å². The van der Waals surface area contributed by atoms with Crippen molar-refractivity contribution < 1.29 is 130 Å². The molecule has 0 amide bonds. The minimum Gasteiger partial charge on any atom is 1.00 e. The van der Waals surface area contributed by atoms with E-state index in [-0.39, 0.29) is 119 Å². The second-order valence-corrected chi connectivity index (χ2v) is 7.42. The number of rotatable bonds is 0. The van der Waals surface area contributed by atoms with E-state index in [9.17, 15) is 0 Å². The Morgan fingerprint density at radius 3 is 0.625 bits per heavy atom. The average Bonchev–Trinajstić information content (AvgIpc) is 2.26. The minimum atomic E-state index is -6.17. The zero-order valence-electron chi connectivity index (χ0n) is 8.35. The molecule has 16 heavy (non-hydrogen) atoms. The van der Waals surface area contributed by atoms with Gasteiger partial charge in [0.1, 0.15) is 0 Å². The summed E-state index contributed by atoms with van der Waals surface area (Å²) < 4.78 is 0. The summed E-state index contributed by atoms with van der Waals surface area (Å²) in [6, 6.07) is 0. The van der Waals surface area contributed by atoms with Gasteiger partial charge in [0, 0.05) is 0 Å². The summed E-state index contributed by atoms with van der Waals surface area (Å²) in [4.78, 5) is 6.19. The predicted molar refractivity (Wildman–Crippen MR) is 33.7 cm³/mol. The van der Waals surface area contributed by atoms with Crippen LogP contribution in [0.5, 0.6) is 0 Å². The molecule has 0 radical (unpaired) electrons. The van der Waals surface area contributed by atoms with Crippen molar-refractivity contribution in [2.24, 2.45) is 0 Å². The molecule has 0 aromatic carbocycles. The van der Waals surface area contributed by atoms with E-state index in [0.717, 1.165) is 29.8 Å². The number of hydrogen-bond donors (Lipinski definition) is 0. The summed E-state index contributed by atoms with van der Waals surface area (Å²) in [7, 11) is -6.17. The largest absolute Gasteiger partial charge is 2.00 e. The molecule has 0 aliphatic carbocycles. The maximum Gasteiger partial charge on any atom is 2.00 e. The van der Waals surface area contributed by atoms with Crippen molar-refractivity contribution >= 4 is 0 Å². The van der Waals surface area contributed by atoms with Crippen LogP contribution in [0, 0.1) is 61.4 Å². The number of nitriles is 6. The summed E-state index contributed by atoms with van der Waals surface area (Å²) >= 11 is 0. The zero-order chi connectivity index (χ0) is 10.7. The van der Waals surface area contributed by atoms with E-state index in [2.05, 4.69) is 0 Å². The summed E-state index contributed by atoms with van der Waals surface area (Å²) in [6.45, 7) is 0. The third kappa shape index (κ3) is 3.16. The smallest absolute Gasteiger partial charge is 1.00 e. The van der Waals surface area contributed by atoms with Gasteiger partial charge in [-0.15, -0.1) is 0 Å². The Morgan fingerprint density at radius 1 is 0.500 bits per heavy atom. The SMILES string of the molecule is N#[C][Fe-4]([C]#N)([C]#N)([C]#N)([C]#N)[C]#N.[K+].[K+].[Ni+2]. The quantitative estimate of drug-likeness (QED) is 0.399. The van der Waals surface area contributed by atoms with Gasteiger partial charge in [-0.05, 0) is 0 Å². The van der Waals surface area contributed by atoms with Crippen LogP contribution in [-0.2, 0) is 27.2 Å². The summed E-state index contributed by atoms with van der Waals surface area (Å²) in [6.07, 6.45) is 0. The van der Waals surface area contributed by atoms with Crippen LogP contribution in [0.15, 0.2) is 0 Å². The maximum atomic E-state index is 8.58. The number of hydrogen-bond acceptors (Lipinski definition) is 6. The number of nitrogens with zero attached hydrogens (tertiary/aromatic N) is 6. The van der Waals surface area contributed by atoms with Crippen LogP contribution in [0.3, 0.4) is 0 Å². The molecule has 10 heteroatoms. The molecule has 0 rings (SSSR count). The maximum absolute atomic E-state index is 8.58. The Labute approximate surface area is 186 Å². The first kappa shape index (κ1) is 25.9. The Hall–Kier alpha value is 1.23. The second kappa shape index (κ2) is 7.61. The molecule has 0 aliphatic heterocycles. The van der Waals surface area contributed by atoms with Crippen molar-refractivity contribution in [2.75, 3.05) is 0 Å². The molecule has 0 heterocycles. The Morgan fingerprint density at radius 2 is 0.625 bits per heavy atom. The fourth-order valence-electron chi connectivity index (χ4n) is 0.265. The van der Waals surface area contributed by atoms with Gasteiger partial charge in [0.15, 0.2) is 0 Å². The Bertz CT molecular complexity index is 401. The Kier molecular flexibility index (Phi) is 12.3. The van der Waals surface area contributed by atoms with Gasteiger partial charge in [-0.3, -0.25) is 0 Å². The minimum absolute atomic E-state index is 0. The Balaban J connectivity index is -0.000000240. The monoisotopic (exact) mass is 348 g/mol. The van der Waals surface area contributed by atoms with E-state index in [1.807, 2.05) is 0 Å². The van der Waals surface area contributed by atoms with Crippen molar-refractivity contribution in [3.8, 4) is 29.8 Å². The zero-order valence-corrected chi connectivity index (χ0v) is 16.7. The van der Waals surface area contributed by atoms with Gasteiger partial charge in [-0.25, -0.2) is 0 Å². The summed E-state index contributed by atoms with van der Waals surface area (Å²) in [5, 5.41) is 51.5. The van der Waals surface area contributed by atoms with Gasteiger partial charge < -0.3 is 0 Å². The predicted octanol–water partition coefficient (Wildman–Crippen LogP) is -5.90. The van der Waals surface area contributed by atoms with Gasteiger partial charge in [0.05, 0.1) is 0 Å². The van der Waals surface area contributed by atoms with Crippen LogP contribution in [0.4, 0.5) is 0 Å². The van der Waals surface area contributed by atoms with Crippen LogP contribution in [-0.4, -0.2) is 0 Å². The molecule has 0 saturated heterocycles. The van der Waals surface area contributed by atoms with E-state index in [1.54, 1.807) is 0 Å².